The summed E-state index contributed by atoms with van der Waals surface area (Å²) in [6.07, 6.45) is -3.10. The average molecular weight is 814 g/mol. The number of halogens is 6. The van der Waals surface area contributed by atoms with Crippen LogP contribution in [0.1, 0.15) is 97.6 Å². The van der Waals surface area contributed by atoms with Crippen molar-refractivity contribution in [3.63, 3.8) is 0 Å². The number of carboxylic acids is 1. The Balaban J connectivity index is 0.000000522. The number of amides is 2. The summed E-state index contributed by atoms with van der Waals surface area (Å²) in [6.45, 7) is 2.71. The third kappa shape index (κ3) is 10.1. The Morgan fingerprint density at radius 1 is 0.946 bits per heavy atom. The van der Waals surface area contributed by atoms with Crippen molar-refractivity contribution in [3.05, 3.63) is 75.7 Å². The number of carboxylic acid groups (broad SMARTS) is 1. The minimum atomic E-state index is -4.74. The topological polar surface area (TPSA) is 140 Å². The zero-order valence-corrected chi connectivity index (χ0v) is 31.5. The molecule has 3 fully saturated rings. The molecule has 0 bridgehead atoms. The Hall–Kier alpha value is -4.38. The van der Waals surface area contributed by atoms with Crippen LogP contribution in [0.25, 0.3) is 0 Å². The van der Waals surface area contributed by atoms with Gasteiger partial charge in [-0.1, -0.05) is 31.5 Å². The van der Waals surface area contributed by atoms with E-state index in [1.807, 2.05) is 31.2 Å². The number of rotatable bonds is 8. The molecular weight excluding hydrogens is 768 g/mol. The Labute approximate surface area is 324 Å². The molecule has 0 spiro atoms. The van der Waals surface area contributed by atoms with Crippen LogP contribution >= 0.6 is 11.3 Å². The third-order valence-electron chi connectivity index (χ3n) is 10.7. The van der Waals surface area contributed by atoms with Crippen molar-refractivity contribution in [2.75, 3.05) is 19.6 Å². The number of piperidine rings is 2. The van der Waals surface area contributed by atoms with Gasteiger partial charge in [-0.05, 0) is 76.0 Å². The van der Waals surface area contributed by atoms with Crippen molar-refractivity contribution < 1.29 is 60.8 Å². The van der Waals surface area contributed by atoms with Crippen LogP contribution in [0.15, 0.2) is 54.0 Å². The number of thiophene rings is 1. The smallest absolute Gasteiger partial charge is 0.425 e. The van der Waals surface area contributed by atoms with Gasteiger partial charge < -0.3 is 29.9 Å². The molecule has 6 rings (SSSR count). The minimum absolute atomic E-state index is 0.146. The Bertz CT molecular complexity index is 1820. The number of pyridine rings is 1. The van der Waals surface area contributed by atoms with E-state index < -0.39 is 57.9 Å². The van der Waals surface area contributed by atoms with E-state index in [0.29, 0.717) is 80.1 Å². The van der Waals surface area contributed by atoms with E-state index in [-0.39, 0.29) is 56.2 Å². The molecule has 4 heterocycles. The fourth-order valence-electron chi connectivity index (χ4n) is 7.83. The molecular formula is C39H45F6N3O7S. The van der Waals surface area contributed by atoms with Gasteiger partial charge in [-0.2, -0.15) is 26.3 Å². The molecule has 2 amide bonds. The van der Waals surface area contributed by atoms with E-state index in [2.05, 4.69) is 4.98 Å². The van der Waals surface area contributed by atoms with Crippen molar-refractivity contribution in [2.45, 2.75) is 101 Å². The first-order chi connectivity index (χ1) is 26.4. The standard InChI is InChI=1S/C34H42F3N3O6.C5H3F3OS/c1-2-7-27-24(8-6-19-40(27)31(42)29-26(34(35,36)37)10-5-18-38-29)30(41)39-20-16-33(45,17-21-39)25-9-3-4-11-28(25)46-23-14-12-22(13-15-23)32(43)44;6-5(7,8)4-1-3(9)2-10-4/h3-5,9-11,18,22-24,27,45H,2,6-8,12-17,19-21H2,1H3,(H,43,44);1-2,9H. The largest absolute Gasteiger partial charge is 0.507 e. The number of aromatic nitrogens is 1. The number of para-hydroxylation sites is 1. The van der Waals surface area contributed by atoms with Crippen LogP contribution in [0.2, 0.25) is 0 Å². The highest BCUT2D eigenvalue weighted by Gasteiger charge is 2.45. The first-order valence-electron chi connectivity index (χ1n) is 18.6. The van der Waals surface area contributed by atoms with Crippen LogP contribution < -0.4 is 4.74 Å². The van der Waals surface area contributed by atoms with Crippen LogP contribution in [0.5, 0.6) is 11.5 Å². The predicted molar refractivity (Wildman–Crippen MR) is 193 cm³/mol. The van der Waals surface area contributed by atoms with Crippen LogP contribution in [0.3, 0.4) is 0 Å². The fraction of sp³-hybridized carbons (Fsp3) is 0.538. The normalized spacial score (nSPS) is 22.8. The molecule has 1 saturated carbocycles. The summed E-state index contributed by atoms with van der Waals surface area (Å²) in [6, 6.07) is 9.43. The molecule has 56 heavy (non-hydrogen) atoms. The summed E-state index contributed by atoms with van der Waals surface area (Å²) < 4.78 is 82.6. The molecule has 1 aromatic carbocycles. The third-order valence-corrected chi connectivity index (χ3v) is 11.7. The number of alkyl halides is 6. The van der Waals surface area contributed by atoms with Crippen LogP contribution in [0.4, 0.5) is 26.3 Å². The van der Waals surface area contributed by atoms with Gasteiger partial charge in [0, 0.05) is 48.9 Å². The molecule has 1 aliphatic carbocycles. The fourth-order valence-corrected chi connectivity index (χ4v) is 8.47. The van der Waals surface area contributed by atoms with Crippen molar-refractivity contribution in [1.82, 2.24) is 14.8 Å². The first kappa shape index (κ1) is 42.8. The van der Waals surface area contributed by atoms with Crippen LogP contribution in [0, 0.1) is 11.8 Å². The van der Waals surface area contributed by atoms with Gasteiger partial charge in [0.05, 0.1) is 29.1 Å². The molecule has 3 aliphatic rings. The molecule has 17 heteroatoms. The zero-order valence-electron chi connectivity index (χ0n) is 30.7. The number of hydrogen-bond acceptors (Lipinski definition) is 8. The lowest BCUT2D eigenvalue weighted by Crippen LogP contribution is -2.55. The van der Waals surface area contributed by atoms with Crippen molar-refractivity contribution in [1.29, 1.82) is 0 Å². The molecule has 3 aromatic rings. The second kappa shape index (κ2) is 17.8. The number of aromatic hydroxyl groups is 1. The lowest BCUT2D eigenvalue weighted by molar-refractivity contribution is -0.144. The Morgan fingerprint density at radius 2 is 1.62 bits per heavy atom. The SMILES string of the molecule is CCCC1C(C(=O)N2CCC(O)(c3ccccc3OC3CCC(C(=O)O)CC3)CC2)CCCN1C(=O)c1ncccc1C(F)(F)F.Oc1csc(C(F)(F)F)c1. The van der Waals surface area contributed by atoms with Crippen molar-refractivity contribution in [3.8, 4) is 11.5 Å². The highest BCUT2D eigenvalue weighted by Crippen LogP contribution is 2.41. The van der Waals surface area contributed by atoms with E-state index in [1.165, 1.54) is 11.1 Å². The van der Waals surface area contributed by atoms with Gasteiger partial charge in [0.25, 0.3) is 5.91 Å². The number of ether oxygens (including phenoxy) is 1. The van der Waals surface area contributed by atoms with Gasteiger partial charge in [-0.15, -0.1) is 11.3 Å². The summed E-state index contributed by atoms with van der Waals surface area (Å²) in [5, 5.41) is 30.7. The molecule has 3 N–H and O–H groups in total. The number of likely N-dealkylation sites (tertiary alicyclic amines) is 2. The van der Waals surface area contributed by atoms with Gasteiger partial charge in [0.2, 0.25) is 5.91 Å². The van der Waals surface area contributed by atoms with E-state index >= 15 is 0 Å². The van der Waals surface area contributed by atoms with Gasteiger partial charge in [-0.25, -0.2) is 0 Å². The van der Waals surface area contributed by atoms with Gasteiger partial charge in [0.1, 0.15) is 22.1 Å². The quantitative estimate of drug-likeness (QED) is 0.194. The van der Waals surface area contributed by atoms with Gasteiger partial charge in [-0.3, -0.25) is 19.4 Å². The molecule has 2 aromatic heterocycles. The number of carbonyl (C=O) groups excluding carboxylic acids is 2. The summed E-state index contributed by atoms with van der Waals surface area (Å²) in [5.41, 5.74) is -2.34. The van der Waals surface area contributed by atoms with Gasteiger partial charge in [0.15, 0.2) is 0 Å². The Kier molecular flexibility index (Phi) is 13.6. The number of aliphatic hydroxyl groups is 1. The number of aliphatic carboxylic acids is 1. The lowest BCUT2D eigenvalue weighted by atomic mass is 9.81. The molecule has 2 atom stereocenters. The minimum Gasteiger partial charge on any atom is -0.507 e. The highest BCUT2D eigenvalue weighted by atomic mass is 32.1. The van der Waals surface area contributed by atoms with E-state index in [9.17, 15) is 50.9 Å². The van der Waals surface area contributed by atoms with Crippen molar-refractivity contribution in [2.24, 2.45) is 11.8 Å². The van der Waals surface area contributed by atoms with E-state index in [0.717, 1.165) is 17.5 Å². The van der Waals surface area contributed by atoms with Crippen LogP contribution in [-0.4, -0.2) is 79.7 Å². The maximum Gasteiger partial charge on any atom is 0.425 e. The Morgan fingerprint density at radius 3 is 2.20 bits per heavy atom. The second-order valence-electron chi connectivity index (χ2n) is 14.5. The molecule has 2 aliphatic heterocycles. The molecule has 2 saturated heterocycles. The summed E-state index contributed by atoms with van der Waals surface area (Å²) in [7, 11) is 0. The molecule has 0 radical (unpaired) electrons. The summed E-state index contributed by atoms with van der Waals surface area (Å²) in [4.78, 5) is 45.0. The van der Waals surface area contributed by atoms with Crippen LogP contribution in [-0.2, 0) is 27.5 Å². The molecule has 10 nitrogen and oxygen atoms in total. The van der Waals surface area contributed by atoms with E-state index in [4.69, 9.17) is 9.84 Å². The van der Waals surface area contributed by atoms with Gasteiger partial charge >= 0.3 is 18.3 Å². The van der Waals surface area contributed by atoms with Crippen molar-refractivity contribution >= 4 is 29.1 Å². The average Bonchev–Trinajstić information content (AvgIpc) is 3.62. The zero-order chi connectivity index (χ0) is 40.8. The maximum absolute atomic E-state index is 14.0. The molecule has 2 unspecified atom stereocenters. The number of carbonyl (C=O) groups is 3. The monoisotopic (exact) mass is 813 g/mol. The van der Waals surface area contributed by atoms with E-state index in [1.54, 1.807) is 4.90 Å². The molecule has 306 valence electrons. The number of nitrogens with zero attached hydrogens (tertiary/aromatic N) is 3. The maximum atomic E-state index is 14.0. The number of hydrogen-bond donors (Lipinski definition) is 3. The summed E-state index contributed by atoms with van der Waals surface area (Å²) >= 11 is 0.481. The number of benzene rings is 1. The highest BCUT2D eigenvalue weighted by molar-refractivity contribution is 7.10. The lowest BCUT2D eigenvalue weighted by Gasteiger charge is -2.45. The first-order valence-corrected chi connectivity index (χ1v) is 19.5. The predicted octanol–water partition coefficient (Wildman–Crippen LogP) is 8.13. The summed E-state index contributed by atoms with van der Waals surface area (Å²) in [5.74, 6) is -2.47. The second-order valence-corrected chi connectivity index (χ2v) is 15.4.